The lowest BCUT2D eigenvalue weighted by Crippen LogP contribution is -2.53. The van der Waals surface area contributed by atoms with Crippen LogP contribution >= 0.6 is 0 Å². The number of hydrogen-bond donors (Lipinski definition) is 2. The fraction of sp³-hybridized carbons (Fsp3) is 0.227. The highest BCUT2D eigenvalue weighted by Crippen LogP contribution is 2.27. The van der Waals surface area contributed by atoms with E-state index >= 15 is 0 Å². The van der Waals surface area contributed by atoms with E-state index in [-0.39, 0.29) is 5.82 Å². The van der Waals surface area contributed by atoms with Gasteiger partial charge < -0.3 is 5.73 Å². The molecule has 1 amide bonds. The van der Waals surface area contributed by atoms with Gasteiger partial charge >= 0.3 is 0 Å². The molecule has 1 atom stereocenters. The van der Waals surface area contributed by atoms with Crippen molar-refractivity contribution >= 4 is 5.91 Å². The van der Waals surface area contributed by atoms with Gasteiger partial charge in [0.2, 0.25) is 5.91 Å². The highest BCUT2D eigenvalue weighted by molar-refractivity contribution is 5.86. The van der Waals surface area contributed by atoms with Gasteiger partial charge in [-0.1, -0.05) is 18.2 Å². The molecule has 0 fully saturated rings. The molecule has 2 heterocycles. The van der Waals surface area contributed by atoms with Crippen molar-refractivity contribution in [1.82, 2.24) is 15.3 Å². The standard InChI is InChI=1S/C22H23FN4O/c23-20-5-3-19(4-6-20)22(21(24)28,11-7-17-8-13-25-14-9-17)27-15-10-18-2-1-12-26-16-18/h1-6,8-9,12-14,16,27H,7,10-11,15H2,(H2,24,28). The van der Waals surface area contributed by atoms with Crippen LogP contribution in [0.15, 0.2) is 73.3 Å². The molecule has 3 rings (SSSR count). The molecule has 144 valence electrons. The summed E-state index contributed by atoms with van der Waals surface area (Å²) in [7, 11) is 0. The highest BCUT2D eigenvalue weighted by atomic mass is 19.1. The van der Waals surface area contributed by atoms with E-state index in [2.05, 4.69) is 15.3 Å². The van der Waals surface area contributed by atoms with Crippen molar-refractivity contribution in [3.63, 3.8) is 0 Å². The van der Waals surface area contributed by atoms with Gasteiger partial charge in [0.15, 0.2) is 0 Å². The maximum absolute atomic E-state index is 13.4. The maximum atomic E-state index is 13.4. The summed E-state index contributed by atoms with van der Waals surface area (Å²) in [4.78, 5) is 20.7. The van der Waals surface area contributed by atoms with Crippen LogP contribution in [0.1, 0.15) is 23.1 Å². The number of amides is 1. The minimum atomic E-state index is -1.10. The third-order valence-corrected chi connectivity index (χ3v) is 4.86. The van der Waals surface area contributed by atoms with E-state index in [1.54, 1.807) is 36.9 Å². The number of nitrogens with two attached hydrogens (primary N) is 1. The smallest absolute Gasteiger partial charge is 0.242 e. The topological polar surface area (TPSA) is 80.9 Å². The van der Waals surface area contributed by atoms with E-state index in [9.17, 15) is 9.18 Å². The van der Waals surface area contributed by atoms with E-state index in [1.807, 2.05) is 24.3 Å². The molecule has 0 aliphatic heterocycles. The van der Waals surface area contributed by atoms with Gasteiger partial charge in [-0.05, 0) is 66.3 Å². The quantitative estimate of drug-likeness (QED) is 0.600. The van der Waals surface area contributed by atoms with Crippen molar-refractivity contribution in [3.8, 4) is 0 Å². The van der Waals surface area contributed by atoms with Crippen LogP contribution in [-0.4, -0.2) is 22.4 Å². The molecule has 0 bridgehead atoms. The number of benzene rings is 1. The first-order chi connectivity index (χ1) is 13.6. The molecule has 2 aromatic heterocycles. The Bertz CT molecular complexity index is 887. The predicted octanol–water partition coefficient (Wildman–Crippen LogP) is 2.76. The molecule has 28 heavy (non-hydrogen) atoms. The number of carbonyl (C=O) groups is 1. The zero-order valence-electron chi connectivity index (χ0n) is 15.5. The zero-order valence-corrected chi connectivity index (χ0v) is 15.5. The van der Waals surface area contributed by atoms with E-state index in [1.165, 1.54) is 12.1 Å². The Hall–Kier alpha value is -3.12. The molecule has 3 N–H and O–H groups in total. The number of rotatable bonds is 9. The van der Waals surface area contributed by atoms with Crippen molar-refractivity contribution in [3.05, 3.63) is 95.8 Å². The van der Waals surface area contributed by atoms with Gasteiger partial charge in [-0.3, -0.25) is 20.1 Å². The summed E-state index contributed by atoms with van der Waals surface area (Å²) in [5, 5.41) is 3.35. The second-order valence-electron chi connectivity index (χ2n) is 6.67. The Morgan fingerprint density at radius 2 is 1.71 bits per heavy atom. The van der Waals surface area contributed by atoms with E-state index in [0.29, 0.717) is 31.4 Å². The number of halogens is 1. The highest BCUT2D eigenvalue weighted by Gasteiger charge is 2.37. The second-order valence-corrected chi connectivity index (χ2v) is 6.67. The number of hydrogen-bond acceptors (Lipinski definition) is 4. The largest absolute Gasteiger partial charge is 0.368 e. The number of nitrogens with zero attached hydrogens (tertiary/aromatic N) is 2. The van der Waals surface area contributed by atoms with Crippen LogP contribution in [0.3, 0.4) is 0 Å². The van der Waals surface area contributed by atoms with Gasteiger partial charge in [-0.2, -0.15) is 0 Å². The fourth-order valence-electron chi connectivity index (χ4n) is 3.27. The third kappa shape index (κ3) is 4.78. The molecule has 3 aromatic rings. The van der Waals surface area contributed by atoms with Crippen molar-refractivity contribution in [1.29, 1.82) is 0 Å². The van der Waals surface area contributed by atoms with Crippen LogP contribution in [0.5, 0.6) is 0 Å². The summed E-state index contributed by atoms with van der Waals surface area (Å²) < 4.78 is 13.4. The van der Waals surface area contributed by atoms with Crippen LogP contribution in [0.2, 0.25) is 0 Å². The lowest BCUT2D eigenvalue weighted by Gasteiger charge is -2.33. The number of aromatic nitrogens is 2. The molecule has 0 saturated carbocycles. The third-order valence-electron chi connectivity index (χ3n) is 4.86. The second kappa shape index (κ2) is 9.19. The summed E-state index contributed by atoms with van der Waals surface area (Å²) in [6, 6.07) is 13.6. The molecular formula is C22H23FN4O. The Labute approximate surface area is 163 Å². The monoisotopic (exact) mass is 378 g/mol. The van der Waals surface area contributed by atoms with Crippen LogP contribution < -0.4 is 11.1 Å². The van der Waals surface area contributed by atoms with Crippen molar-refractivity contribution in [2.45, 2.75) is 24.8 Å². The summed E-state index contributed by atoms with van der Waals surface area (Å²) in [6.07, 6.45) is 8.72. The van der Waals surface area contributed by atoms with Crippen LogP contribution in [0.4, 0.5) is 4.39 Å². The maximum Gasteiger partial charge on any atom is 0.242 e. The molecule has 1 aromatic carbocycles. The zero-order chi connectivity index (χ0) is 19.8. The minimum Gasteiger partial charge on any atom is -0.368 e. The average Bonchev–Trinajstić information content (AvgIpc) is 2.72. The Morgan fingerprint density at radius 3 is 2.36 bits per heavy atom. The summed E-state index contributed by atoms with van der Waals surface area (Å²) in [5.74, 6) is -0.842. The van der Waals surface area contributed by atoms with Gasteiger partial charge in [0, 0.05) is 31.3 Å². The van der Waals surface area contributed by atoms with E-state index in [4.69, 9.17) is 5.73 Å². The van der Waals surface area contributed by atoms with Crippen LogP contribution in [-0.2, 0) is 23.2 Å². The summed E-state index contributed by atoms with van der Waals surface area (Å²) in [5.41, 5.74) is 7.53. The minimum absolute atomic E-state index is 0.355. The van der Waals surface area contributed by atoms with Crippen molar-refractivity contribution < 1.29 is 9.18 Å². The van der Waals surface area contributed by atoms with Crippen LogP contribution in [0, 0.1) is 5.82 Å². The van der Waals surface area contributed by atoms with Crippen LogP contribution in [0.25, 0.3) is 0 Å². The average molecular weight is 378 g/mol. The molecular weight excluding hydrogens is 355 g/mol. The van der Waals surface area contributed by atoms with Gasteiger partial charge in [0.1, 0.15) is 11.4 Å². The molecule has 0 saturated heterocycles. The summed E-state index contributed by atoms with van der Waals surface area (Å²) in [6.45, 7) is 0.530. The predicted molar refractivity (Wildman–Crippen MR) is 106 cm³/mol. The summed E-state index contributed by atoms with van der Waals surface area (Å²) >= 11 is 0. The van der Waals surface area contributed by atoms with E-state index < -0.39 is 11.4 Å². The van der Waals surface area contributed by atoms with Gasteiger partial charge in [-0.25, -0.2) is 4.39 Å². The first kappa shape index (κ1) is 19.6. The Kier molecular flexibility index (Phi) is 6.45. The molecule has 5 nitrogen and oxygen atoms in total. The molecule has 0 spiro atoms. The van der Waals surface area contributed by atoms with Crippen molar-refractivity contribution in [2.24, 2.45) is 5.73 Å². The first-order valence-electron chi connectivity index (χ1n) is 9.19. The number of pyridine rings is 2. The SMILES string of the molecule is NC(=O)C(CCc1ccncc1)(NCCc1cccnc1)c1ccc(F)cc1. The molecule has 6 heteroatoms. The lowest BCUT2D eigenvalue weighted by molar-refractivity contribution is -0.125. The van der Waals surface area contributed by atoms with Crippen molar-refractivity contribution in [2.75, 3.05) is 6.54 Å². The fourth-order valence-corrected chi connectivity index (χ4v) is 3.27. The number of primary amides is 1. The lowest BCUT2D eigenvalue weighted by atomic mass is 9.83. The molecule has 1 unspecified atom stereocenters. The first-order valence-corrected chi connectivity index (χ1v) is 9.19. The van der Waals surface area contributed by atoms with Gasteiger partial charge in [0.25, 0.3) is 0 Å². The van der Waals surface area contributed by atoms with E-state index in [0.717, 1.165) is 11.1 Å². The number of carbonyl (C=O) groups excluding carboxylic acids is 1. The van der Waals surface area contributed by atoms with Gasteiger partial charge in [-0.15, -0.1) is 0 Å². The Balaban J connectivity index is 1.83. The normalized spacial score (nSPS) is 13.0. The Morgan fingerprint density at radius 1 is 0.964 bits per heavy atom. The molecule has 0 aliphatic carbocycles. The number of nitrogens with one attached hydrogen (secondary N) is 1. The number of aryl methyl sites for hydroxylation is 1. The molecule has 0 aliphatic rings. The molecule has 0 radical (unpaired) electrons. The van der Waals surface area contributed by atoms with Gasteiger partial charge in [0.05, 0.1) is 0 Å².